The molecule has 0 fully saturated rings. The minimum absolute atomic E-state index is 0.103. The third-order valence-electron chi connectivity index (χ3n) is 5.95. The van der Waals surface area contributed by atoms with E-state index in [-0.39, 0.29) is 65.7 Å². The Hall–Kier alpha value is -2.69. The van der Waals surface area contributed by atoms with Crippen LogP contribution in [0, 0.1) is 0 Å². The van der Waals surface area contributed by atoms with Gasteiger partial charge < -0.3 is 43.7 Å². The van der Waals surface area contributed by atoms with E-state index in [1.165, 1.54) is 0 Å². The number of aliphatic hydroxyl groups is 3. The summed E-state index contributed by atoms with van der Waals surface area (Å²) in [5.74, 6) is -2.02. The van der Waals surface area contributed by atoms with Crippen LogP contribution in [0.25, 0.3) is 0 Å². The number of hydrogen-bond acceptors (Lipinski definition) is 14. The summed E-state index contributed by atoms with van der Waals surface area (Å²) in [6.07, 6.45) is 0.804. The molecule has 242 valence electrons. The number of rotatable bonds is 26. The molecule has 5 atom stereocenters. The fraction of sp³-hybridized carbons (Fsp3) is 0.679. The van der Waals surface area contributed by atoms with Gasteiger partial charge in [0.1, 0.15) is 43.7 Å². The van der Waals surface area contributed by atoms with E-state index in [9.17, 15) is 35.0 Å². The van der Waals surface area contributed by atoms with Gasteiger partial charge in [-0.2, -0.15) is 0 Å². The van der Waals surface area contributed by atoms with Gasteiger partial charge in [0.05, 0.1) is 25.4 Å². The van der Waals surface area contributed by atoms with Crippen molar-refractivity contribution in [3.63, 3.8) is 0 Å². The Kier molecular flexibility index (Phi) is 20.5. The first kappa shape index (κ1) is 39.3. The van der Waals surface area contributed by atoms with Crippen molar-refractivity contribution < 1.29 is 68.3 Å². The van der Waals surface area contributed by atoms with Crippen molar-refractivity contribution in [2.75, 3.05) is 52.9 Å². The topological polar surface area (TPSA) is 197 Å². The Morgan fingerprint density at radius 1 is 0.619 bits per heavy atom. The Bertz CT molecular complexity index is 833. The minimum Gasteiger partial charge on any atom is -0.460 e. The third-order valence-corrected chi connectivity index (χ3v) is 5.95. The molecule has 0 aromatic rings. The van der Waals surface area contributed by atoms with E-state index in [2.05, 4.69) is 19.7 Å². The van der Waals surface area contributed by atoms with Crippen LogP contribution in [-0.4, -0.2) is 121 Å². The predicted molar refractivity (Wildman–Crippen MR) is 148 cm³/mol. The number of aliphatic hydroxyl groups excluding tert-OH is 3. The molecule has 0 saturated heterocycles. The van der Waals surface area contributed by atoms with E-state index < -0.39 is 47.4 Å². The fourth-order valence-electron chi connectivity index (χ4n) is 3.18. The quantitative estimate of drug-likeness (QED) is 0.0270. The predicted octanol–water partition coefficient (Wildman–Crippen LogP) is 0.874. The van der Waals surface area contributed by atoms with Gasteiger partial charge in [-0.25, -0.2) is 19.3 Å². The van der Waals surface area contributed by atoms with Gasteiger partial charge in [0.25, 0.3) is 0 Å². The lowest BCUT2D eigenvalue weighted by Gasteiger charge is -2.35. The second-order valence-electron chi connectivity index (χ2n) is 9.92. The van der Waals surface area contributed by atoms with E-state index in [0.29, 0.717) is 12.8 Å². The molecule has 0 heterocycles. The second-order valence-corrected chi connectivity index (χ2v) is 9.92. The summed E-state index contributed by atoms with van der Waals surface area (Å²) >= 11 is 0. The molecule has 0 spiro atoms. The summed E-state index contributed by atoms with van der Waals surface area (Å²) < 4.78 is 31.2. The van der Waals surface area contributed by atoms with Crippen molar-refractivity contribution in [2.24, 2.45) is 0 Å². The fourth-order valence-corrected chi connectivity index (χ4v) is 3.18. The summed E-state index contributed by atoms with van der Waals surface area (Å²) in [5, 5.41) is 39.6. The van der Waals surface area contributed by atoms with E-state index in [1.54, 1.807) is 13.8 Å². The Morgan fingerprint density at radius 3 is 1.36 bits per heavy atom. The van der Waals surface area contributed by atoms with Gasteiger partial charge in [0.15, 0.2) is 0 Å². The number of hydrogen-bond donors (Lipinski definition) is 4. The van der Waals surface area contributed by atoms with Crippen LogP contribution in [0.3, 0.4) is 0 Å². The first-order chi connectivity index (χ1) is 19.8. The zero-order valence-electron chi connectivity index (χ0n) is 24.4. The maximum Gasteiger partial charge on any atom is 0.330 e. The van der Waals surface area contributed by atoms with Crippen LogP contribution in [0.4, 0.5) is 0 Å². The standard InChI is InChI=1S/C28H46O14/c1-6-24(32)38-17-21(29)15-36-13-11-27(4,41-20-23(31)19-40-26(34)8-3)9-10-28(5,42-35)12-14-37-16-22(30)18-39-25(33)7-2/h6-8,21-23,29-31,35H,1-3,9-20H2,4-5H3. The molecule has 4 N–H and O–H groups in total. The van der Waals surface area contributed by atoms with Gasteiger partial charge in [-0.1, -0.05) is 19.7 Å². The molecule has 42 heavy (non-hydrogen) atoms. The molecule has 14 nitrogen and oxygen atoms in total. The Labute approximate surface area is 246 Å². The highest BCUT2D eigenvalue weighted by Gasteiger charge is 2.33. The van der Waals surface area contributed by atoms with Gasteiger partial charge in [0, 0.05) is 37.9 Å². The van der Waals surface area contributed by atoms with Crippen molar-refractivity contribution in [1.29, 1.82) is 0 Å². The molecule has 0 saturated carbocycles. The first-order valence-corrected chi connectivity index (χ1v) is 13.4. The van der Waals surface area contributed by atoms with Crippen LogP contribution >= 0.6 is 0 Å². The average Bonchev–Trinajstić information content (AvgIpc) is 2.99. The lowest BCUT2D eigenvalue weighted by Crippen LogP contribution is -2.39. The Balaban J connectivity index is 4.97. The maximum absolute atomic E-state index is 11.3. The zero-order chi connectivity index (χ0) is 32.0. The van der Waals surface area contributed by atoms with Gasteiger partial charge in [0.2, 0.25) is 0 Å². The molecule has 0 aliphatic heterocycles. The van der Waals surface area contributed by atoms with Crippen LogP contribution in [-0.2, 0) is 47.7 Å². The number of ether oxygens (including phenoxy) is 6. The molecule has 0 amide bonds. The lowest BCUT2D eigenvalue weighted by molar-refractivity contribution is -0.325. The molecule has 0 bridgehead atoms. The lowest BCUT2D eigenvalue weighted by atomic mass is 9.87. The van der Waals surface area contributed by atoms with E-state index >= 15 is 0 Å². The zero-order valence-corrected chi connectivity index (χ0v) is 24.4. The maximum atomic E-state index is 11.3. The molecule has 0 rings (SSSR count). The van der Waals surface area contributed by atoms with Crippen LogP contribution in [0.2, 0.25) is 0 Å². The number of carbonyl (C=O) groups excluding carboxylic acids is 3. The van der Waals surface area contributed by atoms with Crippen molar-refractivity contribution in [2.45, 2.75) is 69.0 Å². The number of esters is 3. The van der Waals surface area contributed by atoms with Crippen LogP contribution in [0.1, 0.15) is 39.5 Å². The molecule has 0 aliphatic rings. The highest BCUT2D eigenvalue weighted by atomic mass is 17.1. The normalized spacial score (nSPS) is 16.1. The summed E-state index contributed by atoms with van der Waals surface area (Å²) in [6, 6.07) is 0. The van der Waals surface area contributed by atoms with Crippen molar-refractivity contribution in [3.8, 4) is 0 Å². The van der Waals surface area contributed by atoms with Crippen molar-refractivity contribution in [1.82, 2.24) is 0 Å². The molecule has 14 heteroatoms. The Morgan fingerprint density at radius 2 is 0.976 bits per heavy atom. The smallest absolute Gasteiger partial charge is 0.330 e. The largest absolute Gasteiger partial charge is 0.460 e. The van der Waals surface area contributed by atoms with Crippen LogP contribution < -0.4 is 0 Å². The second kappa shape index (κ2) is 21.9. The first-order valence-electron chi connectivity index (χ1n) is 13.4. The average molecular weight is 607 g/mol. The van der Waals surface area contributed by atoms with Crippen LogP contribution in [0.5, 0.6) is 0 Å². The highest BCUT2D eigenvalue weighted by molar-refractivity contribution is 5.81. The number of carbonyl (C=O) groups is 3. The van der Waals surface area contributed by atoms with E-state index in [4.69, 9.17) is 33.3 Å². The van der Waals surface area contributed by atoms with E-state index in [0.717, 1.165) is 18.2 Å². The van der Waals surface area contributed by atoms with Gasteiger partial charge in [-0.15, -0.1) is 0 Å². The molecule has 0 aliphatic carbocycles. The molecular formula is C28H46O14. The third kappa shape index (κ3) is 19.4. The van der Waals surface area contributed by atoms with Gasteiger partial charge in [-0.05, 0) is 33.1 Å². The summed E-state index contributed by atoms with van der Waals surface area (Å²) in [4.78, 5) is 38.2. The van der Waals surface area contributed by atoms with E-state index in [1.807, 2.05) is 0 Å². The molecular weight excluding hydrogens is 560 g/mol. The monoisotopic (exact) mass is 606 g/mol. The van der Waals surface area contributed by atoms with Gasteiger partial charge in [-0.3, -0.25) is 5.26 Å². The molecule has 0 radical (unpaired) electrons. The molecule has 0 aromatic heterocycles. The van der Waals surface area contributed by atoms with Crippen molar-refractivity contribution >= 4 is 17.9 Å². The SMILES string of the molecule is C=CC(=O)OCC(O)COCCC(C)(CCC(C)(CCOCC(O)COC(=O)C=C)OCC(O)COC(=O)C=C)OO. The van der Waals surface area contributed by atoms with Gasteiger partial charge >= 0.3 is 17.9 Å². The van der Waals surface area contributed by atoms with Crippen molar-refractivity contribution in [3.05, 3.63) is 38.0 Å². The highest BCUT2D eigenvalue weighted by Crippen LogP contribution is 2.30. The summed E-state index contributed by atoms with van der Waals surface area (Å²) in [6.45, 7) is 12.2. The minimum atomic E-state index is -1.12. The summed E-state index contributed by atoms with van der Waals surface area (Å²) in [5.41, 5.74) is -2.00. The molecule has 0 aromatic carbocycles. The molecule has 5 unspecified atom stereocenters. The van der Waals surface area contributed by atoms with Crippen LogP contribution in [0.15, 0.2) is 38.0 Å². The summed E-state index contributed by atoms with van der Waals surface area (Å²) in [7, 11) is 0.